The van der Waals surface area contributed by atoms with Crippen molar-refractivity contribution in [1.29, 1.82) is 0 Å². The number of nitrogens with zero attached hydrogens (tertiary/aromatic N) is 2. The SMILES string of the molecule is CC(C)(C)OC(=O)N1CCCC(Oc2ccnc3cc(C(=O)O)c(F)cc23)C1. The number of hydrogen-bond donors (Lipinski definition) is 1. The Morgan fingerprint density at radius 1 is 1.32 bits per heavy atom. The van der Waals surface area contributed by atoms with E-state index in [0.717, 1.165) is 18.9 Å². The van der Waals surface area contributed by atoms with Crippen molar-refractivity contribution in [3.8, 4) is 5.75 Å². The summed E-state index contributed by atoms with van der Waals surface area (Å²) in [6.45, 7) is 6.38. The Balaban J connectivity index is 1.79. The summed E-state index contributed by atoms with van der Waals surface area (Å²) in [4.78, 5) is 29.1. The van der Waals surface area contributed by atoms with Gasteiger partial charge in [0.1, 0.15) is 23.3 Å². The second-order valence-corrected chi connectivity index (χ2v) is 7.77. The van der Waals surface area contributed by atoms with Crippen molar-refractivity contribution >= 4 is 23.0 Å². The largest absolute Gasteiger partial charge is 0.488 e. The predicted octanol–water partition coefficient (Wildman–Crippen LogP) is 3.85. The second-order valence-electron chi connectivity index (χ2n) is 7.77. The monoisotopic (exact) mass is 390 g/mol. The number of ether oxygens (including phenoxy) is 2. The standard InChI is InChI=1S/C20H23FN2O5/c1-20(2,3)28-19(26)23-8-4-5-12(11-23)27-17-6-7-22-16-10-13(18(24)25)15(21)9-14(16)17/h6-7,9-10,12H,4-5,8,11H2,1-3H3,(H,24,25). The van der Waals surface area contributed by atoms with Gasteiger partial charge >= 0.3 is 12.1 Å². The van der Waals surface area contributed by atoms with Crippen molar-refractivity contribution in [2.75, 3.05) is 13.1 Å². The molecular weight excluding hydrogens is 367 g/mol. The van der Waals surface area contributed by atoms with Gasteiger partial charge in [-0.3, -0.25) is 4.98 Å². The Morgan fingerprint density at radius 3 is 2.75 bits per heavy atom. The van der Waals surface area contributed by atoms with Gasteiger partial charge in [-0.25, -0.2) is 14.0 Å². The van der Waals surface area contributed by atoms with Gasteiger partial charge in [0.25, 0.3) is 0 Å². The van der Waals surface area contributed by atoms with E-state index in [9.17, 15) is 14.0 Å². The molecule has 1 aliphatic rings. The Bertz CT molecular complexity index is 909. The maximum absolute atomic E-state index is 14.1. The fourth-order valence-electron chi connectivity index (χ4n) is 3.11. The summed E-state index contributed by atoms with van der Waals surface area (Å²) < 4.78 is 25.6. The fourth-order valence-corrected chi connectivity index (χ4v) is 3.11. The summed E-state index contributed by atoms with van der Waals surface area (Å²) in [5.41, 5.74) is -0.687. The highest BCUT2D eigenvalue weighted by Gasteiger charge is 2.29. The van der Waals surface area contributed by atoms with Gasteiger partial charge in [0.15, 0.2) is 0 Å². The lowest BCUT2D eigenvalue weighted by Gasteiger charge is -2.34. The molecule has 1 atom stereocenters. The second kappa shape index (κ2) is 7.61. The number of hydrogen-bond acceptors (Lipinski definition) is 5. The summed E-state index contributed by atoms with van der Waals surface area (Å²) in [6.07, 6.45) is 2.30. The first-order chi connectivity index (χ1) is 13.1. The molecule has 150 valence electrons. The van der Waals surface area contributed by atoms with E-state index in [1.807, 2.05) is 20.8 Å². The minimum Gasteiger partial charge on any atom is -0.488 e. The minimum absolute atomic E-state index is 0.283. The lowest BCUT2D eigenvalue weighted by Crippen LogP contribution is -2.46. The van der Waals surface area contributed by atoms with E-state index in [1.54, 1.807) is 11.0 Å². The van der Waals surface area contributed by atoms with Gasteiger partial charge in [0.05, 0.1) is 17.6 Å². The van der Waals surface area contributed by atoms with Crippen LogP contribution in [0.5, 0.6) is 5.75 Å². The number of fused-ring (bicyclic) bond motifs is 1. The predicted molar refractivity (Wildman–Crippen MR) is 100 cm³/mol. The van der Waals surface area contributed by atoms with Gasteiger partial charge in [0, 0.05) is 18.1 Å². The van der Waals surface area contributed by atoms with Crippen molar-refractivity contribution in [2.24, 2.45) is 0 Å². The van der Waals surface area contributed by atoms with Crippen LogP contribution in [0.15, 0.2) is 24.4 Å². The average molecular weight is 390 g/mol. The van der Waals surface area contributed by atoms with E-state index in [1.165, 1.54) is 12.3 Å². The number of carboxylic acids is 1. The first-order valence-electron chi connectivity index (χ1n) is 9.10. The lowest BCUT2D eigenvalue weighted by atomic mass is 10.1. The molecule has 2 heterocycles. The van der Waals surface area contributed by atoms with Crippen molar-refractivity contribution in [3.05, 3.63) is 35.8 Å². The molecule has 3 rings (SSSR count). The van der Waals surface area contributed by atoms with Crippen LogP contribution in [-0.2, 0) is 4.74 Å². The molecule has 0 radical (unpaired) electrons. The van der Waals surface area contributed by atoms with Crippen LogP contribution >= 0.6 is 0 Å². The smallest absolute Gasteiger partial charge is 0.410 e. The minimum atomic E-state index is -1.35. The van der Waals surface area contributed by atoms with Gasteiger partial charge in [-0.15, -0.1) is 0 Å². The summed E-state index contributed by atoms with van der Waals surface area (Å²) in [7, 11) is 0. The van der Waals surface area contributed by atoms with Gasteiger partial charge < -0.3 is 19.5 Å². The van der Waals surface area contributed by atoms with Crippen LogP contribution in [-0.4, -0.2) is 51.8 Å². The number of piperidine rings is 1. The van der Waals surface area contributed by atoms with Crippen molar-refractivity contribution in [1.82, 2.24) is 9.88 Å². The van der Waals surface area contributed by atoms with E-state index < -0.39 is 29.0 Å². The van der Waals surface area contributed by atoms with Gasteiger partial charge in [-0.05, 0) is 51.8 Å². The van der Waals surface area contributed by atoms with Crippen LogP contribution in [0, 0.1) is 5.82 Å². The molecular formula is C20H23FN2O5. The van der Waals surface area contributed by atoms with Crippen molar-refractivity contribution in [3.63, 3.8) is 0 Å². The number of carbonyl (C=O) groups excluding carboxylic acids is 1. The molecule has 1 aliphatic heterocycles. The molecule has 0 spiro atoms. The number of benzene rings is 1. The Hall–Kier alpha value is -2.90. The maximum atomic E-state index is 14.1. The van der Waals surface area contributed by atoms with Crippen molar-refractivity contribution in [2.45, 2.75) is 45.3 Å². The molecule has 1 N–H and O–H groups in total. The third-order valence-corrected chi connectivity index (χ3v) is 4.34. The van der Waals surface area contributed by atoms with E-state index >= 15 is 0 Å². The van der Waals surface area contributed by atoms with E-state index in [0.29, 0.717) is 29.7 Å². The fraction of sp³-hybridized carbons (Fsp3) is 0.450. The number of pyridine rings is 1. The first-order valence-corrected chi connectivity index (χ1v) is 9.10. The van der Waals surface area contributed by atoms with Gasteiger partial charge in [-0.1, -0.05) is 0 Å². The molecule has 1 aromatic carbocycles. The first kappa shape index (κ1) is 19.9. The van der Waals surface area contributed by atoms with Crippen LogP contribution in [0.2, 0.25) is 0 Å². The highest BCUT2D eigenvalue weighted by atomic mass is 19.1. The number of carboxylic acid groups (broad SMARTS) is 1. The Morgan fingerprint density at radius 2 is 2.07 bits per heavy atom. The zero-order valence-corrected chi connectivity index (χ0v) is 16.1. The summed E-state index contributed by atoms with van der Waals surface area (Å²) >= 11 is 0. The molecule has 1 fully saturated rings. The molecule has 1 amide bonds. The molecule has 0 saturated carbocycles. The van der Waals surface area contributed by atoms with Gasteiger partial charge in [0.2, 0.25) is 0 Å². The molecule has 8 heteroatoms. The van der Waals surface area contributed by atoms with Crippen LogP contribution < -0.4 is 4.74 Å². The summed E-state index contributed by atoms with van der Waals surface area (Å²) in [5, 5.41) is 9.46. The number of halogens is 1. The topological polar surface area (TPSA) is 89.0 Å². The number of aromatic nitrogens is 1. The van der Waals surface area contributed by atoms with Gasteiger partial charge in [-0.2, -0.15) is 0 Å². The molecule has 1 unspecified atom stereocenters. The highest BCUT2D eigenvalue weighted by molar-refractivity contribution is 5.95. The third-order valence-electron chi connectivity index (χ3n) is 4.34. The molecule has 0 bridgehead atoms. The molecule has 1 saturated heterocycles. The Labute approximate surface area is 162 Å². The van der Waals surface area contributed by atoms with E-state index in [2.05, 4.69) is 4.98 Å². The quantitative estimate of drug-likeness (QED) is 0.856. The normalized spacial score (nSPS) is 17.4. The van der Waals surface area contributed by atoms with Crippen LogP contribution in [0.4, 0.5) is 9.18 Å². The van der Waals surface area contributed by atoms with Crippen LogP contribution in [0.25, 0.3) is 10.9 Å². The number of aromatic carboxylic acids is 1. The molecule has 28 heavy (non-hydrogen) atoms. The summed E-state index contributed by atoms with van der Waals surface area (Å²) in [6, 6.07) is 3.91. The molecule has 1 aromatic heterocycles. The number of amides is 1. The highest BCUT2D eigenvalue weighted by Crippen LogP contribution is 2.29. The van der Waals surface area contributed by atoms with Crippen molar-refractivity contribution < 1.29 is 28.6 Å². The summed E-state index contributed by atoms with van der Waals surface area (Å²) in [5.74, 6) is -1.80. The van der Waals surface area contributed by atoms with Crippen LogP contribution in [0.3, 0.4) is 0 Å². The van der Waals surface area contributed by atoms with Crippen LogP contribution in [0.1, 0.15) is 44.0 Å². The number of rotatable bonds is 3. The average Bonchev–Trinajstić information content (AvgIpc) is 2.60. The molecule has 0 aliphatic carbocycles. The third kappa shape index (κ3) is 4.49. The lowest BCUT2D eigenvalue weighted by molar-refractivity contribution is 0.00792. The molecule has 2 aromatic rings. The zero-order chi connectivity index (χ0) is 20.5. The number of likely N-dealkylation sites (tertiary alicyclic amines) is 1. The Kier molecular flexibility index (Phi) is 5.40. The zero-order valence-electron chi connectivity index (χ0n) is 16.1. The van der Waals surface area contributed by atoms with E-state index in [4.69, 9.17) is 14.6 Å². The maximum Gasteiger partial charge on any atom is 0.410 e. The van der Waals surface area contributed by atoms with E-state index in [-0.39, 0.29) is 6.10 Å². The molecule has 7 nitrogen and oxygen atoms in total. The number of carbonyl (C=O) groups is 2.